The average Bonchev–Trinajstić information content (AvgIpc) is 3.40. The number of nitriles is 1. The summed E-state index contributed by atoms with van der Waals surface area (Å²) in [5.41, 5.74) is 3.06. The molecule has 0 radical (unpaired) electrons. The number of hydrogen-bond acceptors (Lipinski definition) is 8. The molecule has 4 rings (SSSR count). The normalized spacial score (nSPS) is 13.5. The van der Waals surface area contributed by atoms with Crippen molar-refractivity contribution in [3.63, 3.8) is 0 Å². The molecule has 1 aliphatic rings. The monoisotopic (exact) mass is 616 g/mol. The summed E-state index contributed by atoms with van der Waals surface area (Å²) in [6.45, 7) is 2.09. The van der Waals surface area contributed by atoms with Crippen LogP contribution < -0.4 is 24.4 Å². The Morgan fingerprint density at radius 1 is 1.12 bits per heavy atom. The molecule has 0 saturated carbocycles. The second kappa shape index (κ2) is 13.6. The van der Waals surface area contributed by atoms with Gasteiger partial charge in [-0.3, -0.25) is 4.79 Å². The lowest BCUT2D eigenvalue weighted by molar-refractivity contribution is -0.274. The van der Waals surface area contributed by atoms with Crippen LogP contribution in [0.4, 0.5) is 24.5 Å². The number of hydrogen-bond donors (Lipinski definition) is 1. The van der Waals surface area contributed by atoms with Gasteiger partial charge in [-0.05, 0) is 49.2 Å². The minimum atomic E-state index is -4.88. The van der Waals surface area contributed by atoms with Gasteiger partial charge in [-0.15, -0.1) is 13.2 Å². The Bertz CT molecular complexity index is 1560. The van der Waals surface area contributed by atoms with Crippen molar-refractivity contribution in [1.29, 1.82) is 5.26 Å². The van der Waals surface area contributed by atoms with E-state index in [1.54, 1.807) is 43.3 Å². The summed E-state index contributed by atoms with van der Waals surface area (Å²) in [5.74, 6) is -0.0816. The van der Waals surface area contributed by atoms with Crippen LogP contribution in [0.25, 0.3) is 0 Å². The van der Waals surface area contributed by atoms with Crippen LogP contribution in [0.1, 0.15) is 36.1 Å². The number of oxime groups is 1. The fraction of sp³-hybridized carbons (Fsp3) is 0.300. The SMILES string of the molecule is COc1cc(NC(C(=O)N2CCc3ccc(OC(F)(F)F)cc32)c2ccc(Cl)cc2OC)cc(C(C)=NOCCC#N)c1. The van der Waals surface area contributed by atoms with E-state index in [9.17, 15) is 18.0 Å². The van der Waals surface area contributed by atoms with Crippen LogP contribution in [0.5, 0.6) is 17.2 Å². The summed E-state index contributed by atoms with van der Waals surface area (Å²) >= 11 is 6.20. The number of amides is 1. The molecule has 0 saturated heterocycles. The third-order valence-corrected chi connectivity index (χ3v) is 6.82. The molecular formula is C30H28ClF3N4O5. The number of rotatable bonds is 11. The maximum atomic E-state index is 14.2. The molecule has 1 aliphatic heterocycles. The first kappa shape index (κ1) is 31.3. The van der Waals surface area contributed by atoms with Gasteiger partial charge in [0.2, 0.25) is 0 Å². The van der Waals surface area contributed by atoms with E-state index in [2.05, 4.69) is 15.2 Å². The van der Waals surface area contributed by atoms with Gasteiger partial charge in [-0.2, -0.15) is 5.26 Å². The van der Waals surface area contributed by atoms with E-state index in [1.165, 1.54) is 37.3 Å². The molecule has 43 heavy (non-hydrogen) atoms. The fourth-order valence-electron chi connectivity index (χ4n) is 4.60. The zero-order valence-corrected chi connectivity index (χ0v) is 24.3. The van der Waals surface area contributed by atoms with Crippen molar-refractivity contribution in [1.82, 2.24) is 0 Å². The van der Waals surface area contributed by atoms with Crippen LogP contribution in [-0.2, 0) is 16.1 Å². The summed E-state index contributed by atoms with van der Waals surface area (Å²) in [7, 11) is 2.93. The third kappa shape index (κ3) is 7.81. The van der Waals surface area contributed by atoms with Gasteiger partial charge in [0.25, 0.3) is 5.91 Å². The Morgan fingerprint density at radius 3 is 2.60 bits per heavy atom. The number of benzene rings is 3. The molecule has 1 N–H and O–H groups in total. The smallest absolute Gasteiger partial charge is 0.497 e. The van der Waals surface area contributed by atoms with Gasteiger partial charge in [0.15, 0.2) is 0 Å². The molecule has 3 aromatic carbocycles. The first-order valence-corrected chi connectivity index (χ1v) is 13.4. The number of alkyl halides is 3. The molecule has 1 heterocycles. The molecular weight excluding hydrogens is 589 g/mol. The van der Waals surface area contributed by atoms with Crippen molar-refractivity contribution in [3.8, 4) is 23.3 Å². The zero-order valence-electron chi connectivity index (χ0n) is 23.5. The molecule has 226 valence electrons. The van der Waals surface area contributed by atoms with E-state index in [0.29, 0.717) is 56.7 Å². The maximum absolute atomic E-state index is 14.2. The van der Waals surface area contributed by atoms with Gasteiger partial charge < -0.3 is 29.3 Å². The fourth-order valence-corrected chi connectivity index (χ4v) is 4.76. The van der Waals surface area contributed by atoms with Gasteiger partial charge >= 0.3 is 6.36 Å². The molecule has 0 aromatic heterocycles. The molecule has 9 nitrogen and oxygen atoms in total. The third-order valence-electron chi connectivity index (χ3n) is 6.58. The molecule has 3 aromatic rings. The van der Waals surface area contributed by atoms with Crippen LogP contribution in [0.2, 0.25) is 5.02 Å². The Morgan fingerprint density at radius 2 is 1.91 bits per heavy atom. The van der Waals surface area contributed by atoms with E-state index in [0.717, 1.165) is 0 Å². The Hall–Kier alpha value is -4.63. The molecule has 1 amide bonds. The molecule has 13 heteroatoms. The number of carbonyl (C=O) groups is 1. The largest absolute Gasteiger partial charge is 0.573 e. The van der Waals surface area contributed by atoms with Gasteiger partial charge in [0.1, 0.15) is 29.9 Å². The van der Waals surface area contributed by atoms with Gasteiger partial charge in [-0.1, -0.05) is 28.9 Å². The minimum absolute atomic E-state index is 0.128. The van der Waals surface area contributed by atoms with E-state index in [4.69, 9.17) is 31.2 Å². The predicted molar refractivity (Wildman–Crippen MR) is 155 cm³/mol. The Kier molecular flexibility index (Phi) is 9.88. The predicted octanol–water partition coefficient (Wildman–Crippen LogP) is 6.65. The van der Waals surface area contributed by atoms with E-state index in [1.807, 2.05) is 6.07 Å². The summed E-state index contributed by atoms with van der Waals surface area (Å²) in [4.78, 5) is 20.9. The average molecular weight is 617 g/mol. The molecule has 0 fully saturated rings. The van der Waals surface area contributed by atoms with Crippen molar-refractivity contribution >= 4 is 34.6 Å². The standard InChI is InChI=1S/C30H28ClF3N4O5/c1-18(37-42-12-4-10-35)20-13-22(16-24(14-20)40-2)36-28(25-8-6-21(31)15-27(25)41-3)29(39)38-11-9-19-5-7-23(17-26(19)38)43-30(32,33)34/h5-8,13-17,28,36H,4,9,11-12H2,1-3H3. The highest BCUT2D eigenvalue weighted by Gasteiger charge is 2.35. The van der Waals surface area contributed by atoms with Crippen LogP contribution in [0, 0.1) is 11.3 Å². The summed E-state index contributed by atoms with van der Waals surface area (Å²) in [6, 6.07) is 14.9. The maximum Gasteiger partial charge on any atom is 0.573 e. The minimum Gasteiger partial charge on any atom is -0.497 e. The first-order valence-electron chi connectivity index (χ1n) is 13.1. The zero-order chi connectivity index (χ0) is 31.1. The van der Waals surface area contributed by atoms with Gasteiger partial charge in [0, 0.05) is 40.5 Å². The first-order chi connectivity index (χ1) is 20.5. The lowest BCUT2D eigenvalue weighted by atomic mass is 10.0. The lowest BCUT2D eigenvalue weighted by Gasteiger charge is -2.27. The quantitative estimate of drug-likeness (QED) is 0.146. The number of anilines is 2. The lowest BCUT2D eigenvalue weighted by Crippen LogP contribution is -2.37. The highest BCUT2D eigenvalue weighted by atomic mass is 35.5. The molecule has 0 bridgehead atoms. The number of carbonyl (C=O) groups excluding carboxylic acids is 1. The van der Waals surface area contributed by atoms with Crippen molar-refractivity contribution in [3.05, 3.63) is 76.3 Å². The Balaban J connectivity index is 1.74. The molecule has 1 unspecified atom stereocenters. The van der Waals surface area contributed by atoms with Gasteiger partial charge in [0.05, 0.1) is 38.1 Å². The number of nitrogens with one attached hydrogen (secondary N) is 1. The second-order valence-corrected chi connectivity index (χ2v) is 9.85. The number of nitrogens with zero attached hydrogens (tertiary/aromatic N) is 3. The van der Waals surface area contributed by atoms with E-state index >= 15 is 0 Å². The number of ether oxygens (including phenoxy) is 3. The van der Waals surface area contributed by atoms with Crippen LogP contribution in [-0.4, -0.2) is 45.4 Å². The highest BCUT2D eigenvalue weighted by Crippen LogP contribution is 2.38. The van der Waals surface area contributed by atoms with Gasteiger partial charge in [-0.25, -0.2) is 0 Å². The second-order valence-electron chi connectivity index (χ2n) is 9.41. The van der Waals surface area contributed by atoms with Crippen LogP contribution in [0.15, 0.2) is 59.8 Å². The van der Waals surface area contributed by atoms with Crippen molar-refractivity contribution < 1.29 is 37.0 Å². The van der Waals surface area contributed by atoms with Crippen molar-refractivity contribution in [2.75, 3.05) is 37.6 Å². The topological polar surface area (TPSA) is 105 Å². The summed E-state index contributed by atoms with van der Waals surface area (Å²) < 4.78 is 53.9. The summed E-state index contributed by atoms with van der Waals surface area (Å²) in [6.07, 6.45) is -4.25. The molecule has 0 aliphatic carbocycles. The van der Waals surface area contributed by atoms with Crippen LogP contribution in [0.3, 0.4) is 0 Å². The van der Waals surface area contributed by atoms with E-state index in [-0.39, 0.29) is 19.6 Å². The Labute approximate surface area is 251 Å². The summed E-state index contributed by atoms with van der Waals surface area (Å²) in [5, 5.41) is 16.4. The highest BCUT2D eigenvalue weighted by molar-refractivity contribution is 6.30. The number of halogens is 4. The molecule has 0 spiro atoms. The van der Waals surface area contributed by atoms with Crippen molar-refractivity contribution in [2.24, 2.45) is 5.16 Å². The van der Waals surface area contributed by atoms with Crippen LogP contribution >= 0.6 is 11.6 Å². The molecule has 1 atom stereocenters. The van der Waals surface area contributed by atoms with Crippen molar-refractivity contribution in [2.45, 2.75) is 32.2 Å². The number of methoxy groups -OCH3 is 2. The number of fused-ring (bicyclic) bond motifs is 1. The van der Waals surface area contributed by atoms with E-state index < -0.39 is 24.1 Å².